The van der Waals surface area contributed by atoms with Gasteiger partial charge in [0.1, 0.15) is 11.8 Å². The van der Waals surface area contributed by atoms with Crippen molar-refractivity contribution in [1.29, 1.82) is 5.26 Å². The van der Waals surface area contributed by atoms with Crippen molar-refractivity contribution in [2.45, 2.75) is 13.0 Å². The highest BCUT2D eigenvalue weighted by molar-refractivity contribution is 5.89. The van der Waals surface area contributed by atoms with Crippen molar-refractivity contribution in [1.82, 2.24) is 4.90 Å². The summed E-state index contributed by atoms with van der Waals surface area (Å²) in [6.45, 7) is 1.66. The lowest BCUT2D eigenvalue weighted by atomic mass is 10.3. The number of carbonyl (C=O) groups is 1. The summed E-state index contributed by atoms with van der Waals surface area (Å²) in [6, 6.07) is 8.20. The molecule has 0 aliphatic rings. The number of ether oxygens (including phenoxy) is 1. The standard InChI is InChI=1S/C12H15N3O2/c1-9(8-13)15(2)12(16)14-10-4-6-11(17-3)7-5-10/h4-7,9H,1-3H3,(H,14,16). The van der Waals surface area contributed by atoms with Crippen LogP contribution in [0.4, 0.5) is 10.5 Å². The Balaban J connectivity index is 2.65. The molecule has 0 spiro atoms. The van der Waals surface area contributed by atoms with Crippen LogP contribution in [0.5, 0.6) is 5.75 Å². The first-order chi connectivity index (χ1) is 8.08. The summed E-state index contributed by atoms with van der Waals surface area (Å²) in [5.41, 5.74) is 0.660. The van der Waals surface area contributed by atoms with E-state index >= 15 is 0 Å². The first-order valence-electron chi connectivity index (χ1n) is 5.16. The molecule has 5 nitrogen and oxygen atoms in total. The number of nitriles is 1. The van der Waals surface area contributed by atoms with E-state index in [4.69, 9.17) is 10.00 Å². The highest BCUT2D eigenvalue weighted by atomic mass is 16.5. The molecule has 1 N–H and O–H groups in total. The molecule has 0 radical (unpaired) electrons. The number of rotatable bonds is 3. The highest BCUT2D eigenvalue weighted by Crippen LogP contribution is 2.15. The van der Waals surface area contributed by atoms with Gasteiger partial charge in [-0.05, 0) is 31.2 Å². The number of amides is 2. The number of urea groups is 1. The van der Waals surface area contributed by atoms with Crippen molar-refractivity contribution in [2.75, 3.05) is 19.5 Å². The molecule has 0 aliphatic heterocycles. The number of carbonyl (C=O) groups excluding carboxylic acids is 1. The second-order valence-electron chi connectivity index (χ2n) is 3.57. The molecule has 0 fully saturated rings. The molecule has 1 aromatic rings. The molecule has 0 aliphatic carbocycles. The van der Waals surface area contributed by atoms with Gasteiger partial charge in [-0.1, -0.05) is 0 Å². The van der Waals surface area contributed by atoms with Gasteiger partial charge in [0.25, 0.3) is 0 Å². The van der Waals surface area contributed by atoms with Crippen LogP contribution in [-0.2, 0) is 0 Å². The summed E-state index contributed by atoms with van der Waals surface area (Å²) in [4.78, 5) is 13.0. The third-order valence-corrected chi connectivity index (χ3v) is 2.43. The van der Waals surface area contributed by atoms with Crippen LogP contribution in [0.1, 0.15) is 6.92 Å². The number of hydrogen-bond donors (Lipinski definition) is 1. The SMILES string of the molecule is COc1ccc(NC(=O)N(C)C(C)C#N)cc1. The average molecular weight is 233 g/mol. The van der Waals surface area contributed by atoms with E-state index in [1.54, 1.807) is 45.3 Å². The van der Waals surface area contributed by atoms with Crippen molar-refractivity contribution in [3.05, 3.63) is 24.3 Å². The van der Waals surface area contributed by atoms with Gasteiger partial charge in [-0.25, -0.2) is 4.79 Å². The van der Waals surface area contributed by atoms with E-state index in [9.17, 15) is 4.79 Å². The number of hydrogen-bond acceptors (Lipinski definition) is 3. The summed E-state index contributed by atoms with van der Waals surface area (Å²) in [6.07, 6.45) is 0. The molecule has 0 saturated heterocycles. The smallest absolute Gasteiger partial charge is 0.322 e. The number of methoxy groups -OCH3 is 1. The van der Waals surface area contributed by atoms with Gasteiger partial charge < -0.3 is 15.0 Å². The first-order valence-corrected chi connectivity index (χ1v) is 5.16. The van der Waals surface area contributed by atoms with E-state index in [1.807, 2.05) is 6.07 Å². The molecule has 0 bridgehead atoms. The fourth-order valence-electron chi connectivity index (χ4n) is 1.15. The van der Waals surface area contributed by atoms with Crippen molar-refractivity contribution in [3.8, 4) is 11.8 Å². The van der Waals surface area contributed by atoms with E-state index in [1.165, 1.54) is 4.90 Å². The third-order valence-electron chi connectivity index (χ3n) is 2.43. The van der Waals surface area contributed by atoms with Crippen LogP contribution in [-0.4, -0.2) is 31.1 Å². The summed E-state index contributed by atoms with van der Waals surface area (Å²) >= 11 is 0. The Morgan fingerprint density at radius 1 is 1.47 bits per heavy atom. The number of benzene rings is 1. The molecule has 0 heterocycles. The van der Waals surface area contributed by atoms with Crippen LogP contribution in [0.3, 0.4) is 0 Å². The van der Waals surface area contributed by atoms with Gasteiger partial charge in [0, 0.05) is 12.7 Å². The summed E-state index contributed by atoms with van der Waals surface area (Å²) in [5, 5.41) is 11.4. The number of nitrogens with zero attached hydrogens (tertiary/aromatic N) is 2. The lowest BCUT2D eigenvalue weighted by Crippen LogP contribution is -2.37. The second kappa shape index (κ2) is 5.75. The van der Waals surface area contributed by atoms with Crippen LogP contribution in [0, 0.1) is 11.3 Å². The Bertz CT molecular complexity index is 422. The van der Waals surface area contributed by atoms with E-state index in [0.29, 0.717) is 5.69 Å². The Hall–Kier alpha value is -2.22. The van der Waals surface area contributed by atoms with E-state index in [2.05, 4.69) is 5.32 Å². The van der Waals surface area contributed by atoms with Crippen LogP contribution in [0.25, 0.3) is 0 Å². The quantitative estimate of drug-likeness (QED) is 0.869. The van der Waals surface area contributed by atoms with Crippen LogP contribution in [0.2, 0.25) is 0 Å². The Morgan fingerprint density at radius 2 is 2.06 bits per heavy atom. The van der Waals surface area contributed by atoms with E-state index in [-0.39, 0.29) is 6.03 Å². The second-order valence-corrected chi connectivity index (χ2v) is 3.57. The minimum absolute atomic E-state index is 0.316. The van der Waals surface area contributed by atoms with Gasteiger partial charge >= 0.3 is 6.03 Å². The fraction of sp³-hybridized carbons (Fsp3) is 0.333. The molecule has 1 atom stereocenters. The van der Waals surface area contributed by atoms with Crippen LogP contribution < -0.4 is 10.1 Å². The Kier molecular flexibility index (Phi) is 4.35. The monoisotopic (exact) mass is 233 g/mol. The molecule has 2 amide bonds. The van der Waals surface area contributed by atoms with Gasteiger partial charge in [-0.2, -0.15) is 5.26 Å². The molecular formula is C12H15N3O2. The maximum absolute atomic E-state index is 11.7. The van der Waals surface area contributed by atoms with Gasteiger partial charge in [0.15, 0.2) is 0 Å². The highest BCUT2D eigenvalue weighted by Gasteiger charge is 2.14. The lowest BCUT2D eigenvalue weighted by Gasteiger charge is -2.19. The molecule has 17 heavy (non-hydrogen) atoms. The van der Waals surface area contributed by atoms with Crippen molar-refractivity contribution >= 4 is 11.7 Å². The van der Waals surface area contributed by atoms with Crippen LogP contribution >= 0.6 is 0 Å². The predicted octanol–water partition coefficient (Wildman–Crippen LogP) is 2.07. The zero-order valence-electron chi connectivity index (χ0n) is 10.1. The Labute approximate surface area is 101 Å². The molecule has 1 rings (SSSR count). The maximum atomic E-state index is 11.7. The summed E-state index contributed by atoms with van der Waals surface area (Å²) in [7, 11) is 3.16. The predicted molar refractivity (Wildman–Crippen MR) is 64.9 cm³/mol. The first kappa shape index (κ1) is 12.8. The Morgan fingerprint density at radius 3 is 2.53 bits per heavy atom. The minimum Gasteiger partial charge on any atom is -0.497 e. The zero-order chi connectivity index (χ0) is 12.8. The topological polar surface area (TPSA) is 65.4 Å². The molecule has 1 unspecified atom stereocenters. The van der Waals surface area contributed by atoms with E-state index in [0.717, 1.165) is 5.75 Å². The molecule has 1 aromatic carbocycles. The molecular weight excluding hydrogens is 218 g/mol. The largest absolute Gasteiger partial charge is 0.497 e. The molecule has 0 aromatic heterocycles. The minimum atomic E-state index is -0.465. The van der Waals surface area contributed by atoms with Gasteiger partial charge in [-0.15, -0.1) is 0 Å². The normalized spacial score (nSPS) is 11.2. The molecule has 5 heteroatoms. The van der Waals surface area contributed by atoms with Gasteiger partial charge in [0.05, 0.1) is 13.2 Å². The maximum Gasteiger partial charge on any atom is 0.322 e. The third kappa shape index (κ3) is 3.38. The van der Waals surface area contributed by atoms with Crippen LogP contribution in [0.15, 0.2) is 24.3 Å². The van der Waals surface area contributed by atoms with Crippen molar-refractivity contribution < 1.29 is 9.53 Å². The van der Waals surface area contributed by atoms with Crippen molar-refractivity contribution in [2.24, 2.45) is 0 Å². The average Bonchev–Trinajstić information content (AvgIpc) is 2.37. The summed E-state index contributed by atoms with van der Waals surface area (Å²) in [5.74, 6) is 0.724. The number of nitrogens with one attached hydrogen (secondary N) is 1. The lowest BCUT2D eigenvalue weighted by molar-refractivity contribution is 0.217. The molecule has 90 valence electrons. The molecule has 0 saturated carbocycles. The zero-order valence-corrected chi connectivity index (χ0v) is 10.1. The van der Waals surface area contributed by atoms with Gasteiger partial charge in [-0.3, -0.25) is 0 Å². The van der Waals surface area contributed by atoms with Gasteiger partial charge in [0.2, 0.25) is 0 Å². The number of anilines is 1. The summed E-state index contributed by atoms with van der Waals surface area (Å²) < 4.78 is 5.01. The van der Waals surface area contributed by atoms with Crippen molar-refractivity contribution in [3.63, 3.8) is 0 Å². The fourth-order valence-corrected chi connectivity index (χ4v) is 1.15. The van der Waals surface area contributed by atoms with E-state index < -0.39 is 6.04 Å².